The van der Waals surface area contributed by atoms with E-state index in [-0.39, 0.29) is 0 Å². The van der Waals surface area contributed by atoms with Gasteiger partial charge >= 0.3 is 0 Å². The van der Waals surface area contributed by atoms with Gasteiger partial charge in [0.05, 0.1) is 27.8 Å². The van der Waals surface area contributed by atoms with E-state index in [9.17, 15) is 10.1 Å². The molecule has 74 valence electrons. The number of benzene rings is 1. The smallest absolute Gasteiger partial charge is 0.236 e. The number of para-hydroxylation sites is 2. The summed E-state index contributed by atoms with van der Waals surface area (Å²) >= 11 is 0. The van der Waals surface area contributed by atoms with Crippen molar-refractivity contribution >= 4 is 17.1 Å². The third-order valence-corrected chi connectivity index (χ3v) is 1.83. The Hall–Kier alpha value is -2.30. The average molecular weight is 201 g/mol. The van der Waals surface area contributed by atoms with Crippen molar-refractivity contribution in [2.75, 3.05) is 0 Å². The van der Waals surface area contributed by atoms with E-state index >= 15 is 0 Å². The maximum atomic E-state index is 10.1. The molecule has 0 aliphatic rings. The van der Waals surface area contributed by atoms with Crippen molar-refractivity contribution in [3.8, 4) is 0 Å². The minimum Gasteiger partial charge on any atom is -0.259 e. The summed E-state index contributed by atoms with van der Waals surface area (Å²) in [6, 6.07) is 7.36. The van der Waals surface area contributed by atoms with Gasteiger partial charge in [0.1, 0.15) is 0 Å². The lowest BCUT2D eigenvalue weighted by molar-refractivity contribution is -0.401. The fourth-order valence-corrected chi connectivity index (χ4v) is 1.19. The van der Waals surface area contributed by atoms with Crippen LogP contribution in [0.5, 0.6) is 0 Å². The first-order chi connectivity index (χ1) is 7.25. The molecule has 0 fully saturated rings. The molecule has 0 unspecified atom stereocenters. The summed E-state index contributed by atoms with van der Waals surface area (Å²) in [5, 5.41) is 10.1. The van der Waals surface area contributed by atoms with Crippen molar-refractivity contribution < 1.29 is 4.92 Å². The first-order valence-corrected chi connectivity index (χ1v) is 4.29. The quantitative estimate of drug-likeness (QED) is 0.549. The zero-order valence-electron chi connectivity index (χ0n) is 7.70. The van der Waals surface area contributed by atoms with Gasteiger partial charge in [-0.05, 0) is 12.1 Å². The Morgan fingerprint density at radius 3 is 2.73 bits per heavy atom. The highest BCUT2D eigenvalue weighted by Gasteiger charge is 1.96. The number of hydrogen-bond donors (Lipinski definition) is 0. The van der Waals surface area contributed by atoms with Gasteiger partial charge in [-0.25, -0.2) is 4.98 Å². The van der Waals surface area contributed by atoms with Crippen LogP contribution < -0.4 is 0 Å². The highest BCUT2D eigenvalue weighted by atomic mass is 16.6. The molecule has 0 aliphatic heterocycles. The minimum absolute atomic E-state index is 0.477. The SMILES string of the molecule is O=[N+]([O-])C=Cc1cnc2ccccc2n1. The third kappa shape index (κ3) is 2.14. The Morgan fingerprint density at radius 2 is 2.00 bits per heavy atom. The van der Waals surface area contributed by atoms with E-state index in [1.165, 1.54) is 12.3 Å². The number of nitrogens with zero attached hydrogens (tertiary/aromatic N) is 3. The maximum absolute atomic E-state index is 10.1. The predicted molar refractivity (Wildman–Crippen MR) is 55.6 cm³/mol. The van der Waals surface area contributed by atoms with Crippen LogP contribution in [-0.2, 0) is 0 Å². The molecule has 2 rings (SSSR count). The van der Waals surface area contributed by atoms with Crippen LogP contribution in [0.3, 0.4) is 0 Å². The van der Waals surface area contributed by atoms with Crippen LogP contribution in [0.4, 0.5) is 0 Å². The molecule has 1 aromatic heterocycles. The second-order valence-electron chi connectivity index (χ2n) is 2.88. The average Bonchev–Trinajstić information content (AvgIpc) is 2.26. The Kier molecular flexibility index (Phi) is 2.37. The highest BCUT2D eigenvalue weighted by molar-refractivity contribution is 5.74. The molecular formula is C10H7N3O2. The molecule has 0 aliphatic carbocycles. The number of hydrogen-bond acceptors (Lipinski definition) is 4. The molecule has 1 aromatic carbocycles. The molecule has 5 heteroatoms. The normalized spacial score (nSPS) is 10.9. The van der Waals surface area contributed by atoms with E-state index in [1.807, 2.05) is 24.3 Å². The van der Waals surface area contributed by atoms with Gasteiger partial charge < -0.3 is 0 Å². The Labute approximate surface area is 85.2 Å². The molecule has 5 nitrogen and oxygen atoms in total. The van der Waals surface area contributed by atoms with Crippen LogP contribution in [-0.4, -0.2) is 14.9 Å². The van der Waals surface area contributed by atoms with E-state index in [0.717, 1.165) is 17.2 Å². The summed E-state index contributed by atoms with van der Waals surface area (Å²) in [6.07, 6.45) is 3.67. The van der Waals surface area contributed by atoms with Gasteiger partial charge in [-0.1, -0.05) is 12.1 Å². The van der Waals surface area contributed by atoms with E-state index in [0.29, 0.717) is 5.69 Å². The van der Waals surface area contributed by atoms with E-state index in [1.54, 1.807) is 0 Å². The van der Waals surface area contributed by atoms with Crippen molar-refractivity contribution in [3.63, 3.8) is 0 Å². The summed E-state index contributed by atoms with van der Waals surface area (Å²) in [4.78, 5) is 17.9. The summed E-state index contributed by atoms with van der Waals surface area (Å²) in [6.45, 7) is 0. The monoisotopic (exact) mass is 201 g/mol. The van der Waals surface area contributed by atoms with Crippen molar-refractivity contribution in [2.45, 2.75) is 0 Å². The summed E-state index contributed by atoms with van der Waals surface area (Å²) in [7, 11) is 0. The van der Waals surface area contributed by atoms with Crippen molar-refractivity contribution in [1.29, 1.82) is 0 Å². The fourth-order valence-electron chi connectivity index (χ4n) is 1.19. The van der Waals surface area contributed by atoms with Gasteiger partial charge in [-0.3, -0.25) is 15.1 Å². The van der Waals surface area contributed by atoms with E-state index in [4.69, 9.17) is 0 Å². The molecule has 0 atom stereocenters. The summed E-state index contributed by atoms with van der Waals surface area (Å²) in [5.41, 5.74) is 1.98. The topological polar surface area (TPSA) is 68.9 Å². The lowest BCUT2D eigenvalue weighted by Crippen LogP contribution is -1.88. The van der Waals surface area contributed by atoms with Gasteiger partial charge in [0, 0.05) is 6.08 Å². The molecular weight excluding hydrogens is 194 g/mol. The van der Waals surface area contributed by atoms with Gasteiger partial charge in [-0.2, -0.15) is 0 Å². The van der Waals surface area contributed by atoms with Crippen LogP contribution in [0.25, 0.3) is 17.1 Å². The summed E-state index contributed by atoms with van der Waals surface area (Å²) < 4.78 is 0. The summed E-state index contributed by atoms with van der Waals surface area (Å²) in [5.74, 6) is 0. The van der Waals surface area contributed by atoms with Crippen LogP contribution >= 0.6 is 0 Å². The zero-order chi connectivity index (χ0) is 10.7. The molecule has 2 aromatic rings. The van der Waals surface area contributed by atoms with Crippen LogP contribution in [0.1, 0.15) is 5.69 Å². The minimum atomic E-state index is -0.531. The molecule has 0 amide bonds. The van der Waals surface area contributed by atoms with Crippen LogP contribution in [0, 0.1) is 10.1 Å². The van der Waals surface area contributed by atoms with Crippen LogP contribution in [0.2, 0.25) is 0 Å². The molecule has 0 bridgehead atoms. The van der Waals surface area contributed by atoms with E-state index in [2.05, 4.69) is 9.97 Å². The highest BCUT2D eigenvalue weighted by Crippen LogP contribution is 2.08. The Balaban J connectivity index is 2.43. The molecule has 0 saturated heterocycles. The predicted octanol–water partition coefficient (Wildman–Crippen LogP) is 1.88. The lowest BCUT2D eigenvalue weighted by atomic mass is 10.3. The largest absolute Gasteiger partial charge is 0.259 e. The second kappa shape index (κ2) is 3.83. The van der Waals surface area contributed by atoms with Crippen molar-refractivity contribution in [1.82, 2.24) is 9.97 Å². The maximum Gasteiger partial charge on any atom is 0.236 e. The number of aromatic nitrogens is 2. The first-order valence-electron chi connectivity index (χ1n) is 4.29. The zero-order valence-corrected chi connectivity index (χ0v) is 7.70. The van der Waals surface area contributed by atoms with Crippen molar-refractivity contribution in [3.05, 3.63) is 52.5 Å². The first kappa shape index (κ1) is 9.26. The fraction of sp³-hybridized carbons (Fsp3) is 0. The van der Waals surface area contributed by atoms with Gasteiger partial charge in [0.2, 0.25) is 6.20 Å². The number of fused-ring (bicyclic) bond motifs is 1. The molecule has 0 saturated carbocycles. The number of nitro groups is 1. The van der Waals surface area contributed by atoms with Crippen molar-refractivity contribution in [2.24, 2.45) is 0 Å². The standard InChI is InChI=1S/C10H7N3O2/c14-13(15)6-5-8-7-11-9-3-1-2-4-10(9)12-8/h1-7H. The van der Waals surface area contributed by atoms with Gasteiger partial charge in [0.15, 0.2) is 0 Å². The molecule has 1 heterocycles. The molecule has 0 spiro atoms. The molecule has 0 radical (unpaired) electrons. The Morgan fingerprint density at radius 1 is 1.27 bits per heavy atom. The number of rotatable bonds is 2. The molecule has 15 heavy (non-hydrogen) atoms. The van der Waals surface area contributed by atoms with Crippen LogP contribution in [0.15, 0.2) is 36.7 Å². The molecule has 0 N–H and O–H groups in total. The van der Waals surface area contributed by atoms with Gasteiger partial charge in [-0.15, -0.1) is 0 Å². The van der Waals surface area contributed by atoms with E-state index < -0.39 is 4.92 Å². The Bertz CT molecular complexity index is 537. The third-order valence-electron chi connectivity index (χ3n) is 1.83. The van der Waals surface area contributed by atoms with Gasteiger partial charge in [0.25, 0.3) is 0 Å². The lowest BCUT2D eigenvalue weighted by Gasteiger charge is -1.95. The second-order valence-corrected chi connectivity index (χ2v) is 2.88.